The maximum atomic E-state index is 14.0. The van der Waals surface area contributed by atoms with Crippen LogP contribution in [0.25, 0.3) is 0 Å². The van der Waals surface area contributed by atoms with Crippen LogP contribution >= 0.6 is 0 Å². The molecule has 2 saturated carbocycles. The molecule has 0 aromatic heterocycles. The Hall–Kier alpha value is -2.43. The highest BCUT2D eigenvalue weighted by molar-refractivity contribution is 7.93. The highest BCUT2D eigenvalue weighted by atomic mass is 32.2. The van der Waals surface area contributed by atoms with E-state index < -0.39 is 61.8 Å². The van der Waals surface area contributed by atoms with Gasteiger partial charge >= 0.3 is 6.09 Å². The summed E-state index contributed by atoms with van der Waals surface area (Å²) in [4.78, 5) is 55.8. The summed E-state index contributed by atoms with van der Waals surface area (Å²) in [6.07, 6.45) is 9.65. The first kappa shape index (κ1) is 32.5. The smallest absolute Gasteiger partial charge is 0.408 e. The van der Waals surface area contributed by atoms with Crippen LogP contribution < -0.4 is 10.6 Å². The van der Waals surface area contributed by atoms with Crippen molar-refractivity contribution < 1.29 is 32.3 Å². The van der Waals surface area contributed by atoms with Crippen LogP contribution in [0, 0.1) is 17.8 Å². The van der Waals surface area contributed by atoms with Gasteiger partial charge in [-0.05, 0) is 84.0 Å². The molecule has 4 aliphatic rings. The van der Waals surface area contributed by atoms with E-state index in [1.54, 1.807) is 25.7 Å². The molecule has 3 fully saturated rings. The molecule has 42 heavy (non-hydrogen) atoms. The molecule has 0 unspecified atom stereocenters. The zero-order valence-electron chi connectivity index (χ0n) is 25.8. The van der Waals surface area contributed by atoms with Crippen LogP contribution in [-0.4, -0.2) is 77.8 Å². The van der Waals surface area contributed by atoms with E-state index in [0.29, 0.717) is 51.0 Å². The molecule has 236 valence electrons. The average molecular weight is 608 g/mol. The minimum Gasteiger partial charge on any atom is -0.444 e. The largest absolute Gasteiger partial charge is 0.444 e. The van der Waals surface area contributed by atoms with Gasteiger partial charge in [0, 0.05) is 12.5 Å². The maximum Gasteiger partial charge on any atom is 0.408 e. The molecule has 10 nitrogen and oxygen atoms in total. The Kier molecular flexibility index (Phi) is 9.79. The van der Waals surface area contributed by atoms with Crippen LogP contribution in [0.4, 0.5) is 4.79 Å². The fourth-order valence-corrected chi connectivity index (χ4v) is 8.13. The van der Waals surface area contributed by atoms with Crippen molar-refractivity contribution in [1.29, 1.82) is 0 Å². The van der Waals surface area contributed by atoms with E-state index in [-0.39, 0.29) is 17.7 Å². The van der Waals surface area contributed by atoms with Crippen LogP contribution in [0.15, 0.2) is 12.2 Å². The summed E-state index contributed by atoms with van der Waals surface area (Å²) in [5.74, 6) is -1.64. The number of fused-ring (bicyclic) bond motifs is 2. The van der Waals surface area contributed by atoms with E-state index in [1.807, 2.05) is 12.2 Å². The number of alkyl carbamates (subject to hydrolysis) is 1. The number of Topliss-reactive ketones (excluding diaryl/α,β-unsaturated/α-hetero) is 1. The third-order valence-corrected chi connectivity index (χ3v) is 10.9. The van der Waals surface area contributed by atoms with Crippen LogP contribution in [0.3, 0.4) is 0 Å². The first-order chi connectivity index (χ1) is 19.6. The van der Waals surface area contributed by atoms with Crippen molar-refractivity contribution in [1.82, 2.24) is 15.5 Å². The Balaban J connectivity index is 1.61. The number of hydrogen-bond donors (Lipinski definition) is 2. The Labute approximate surface area is 250 Å². The summed E-state index contributed by atoms with van der Waals surface area (Å²) in [7, 11) is -3.55. The second kappa shape index (κ2) is 12.7. The first-order valence-corrected chi connectivity index (χ1v) is 17.4. The van der Waals surface area contributed by atoms with Gasteiger partial charge in [0.2, 0.25) is 11.8 Å². The number of nitrogens with one attached hydrogen (secondary N) is 2. The van der Waals surface area contributed by atoms with Gasteiger partial charge in [0.15, 0.2) is 15.6 Å². The van der Waals surface area contributed by atoms with Gasteiger partial charge in [0.25, 0.3) is 0 Å². The molecule has 5 atom stereocenters. The molecule has 0 spiro atoms. The number of nitrogens with zero attached hydrogens (tertiary/aromatic N) is 1. The highest BCUT2D eigenvalue weighted by Crippen LogP contribution is 2.47. The van der Waals surface area contributed by atoms with E-state index in [9.17, 15) is 27.6 Å². The molecular formula is C31H49N3O7S. The lowest BCUT2D eigenvalue weighted by atomic mass is 9.94. The second-order valence-electron chi connectivity index (χ2n) is 14.2. The van der Waals surface area contributed by atoms with Gasteiger partial charge in [-0.25, -0.2) is 13.2 Å². The average Bonchev–Trinajstić information content (AvgIpc) is 3.78. The lowest BCUT2D eigenvalue weighted by molar-refractivity contribution is -0.141. The molecule has 2 aliphatic carbocycles. The standard InChI is InChI=1S/C31H49N3O7S/c1-20(2)15-21-16-25-27(36)33-31(26(35)19-42(39,40)23-13-14-23)17-22(31)11-9-7-6-8-10-12-24(28(37)34(25)18-21)32-29(38)41-30(3,4)5/h9,11,20-25H,6-8,10,12-19H2,1-5H3,(H,32,38)(H,33,36)/b11-9-/t21-,22-,24+,25+,31-/m1/s1. The molecule has 3 amide bonds. The minimum atomic E-state index is -3.55. The van der Waals surface area contributed by atoms with E-state index in [4.69, 9.17) is 4.74 Å². The van der Waals surface area contributed by atoms with Gasteiger partial charge in [-0.15, -0.1) is 0 Å². The zero-order valence-corrected chi connectivity index (χ0v) is 26.6. The fraction of sp³-hybridized carbons (Fsp3) is 0.806. The van der Waals surface area contributed by atoms with Gasteiger partial charge in [-0.1, -0.05) is 38.8 Å². The van der Waals surface area contributed by atoms with Gasteiger partial charge < -0.3 is 20.3 Å². The number of carbonyl (C=O) groups excluding carboxylic acids is 4. The number of sulfone groups is 1. The van der Waals surface area contributed by atoms with Crippen molar-refractivity contribution in [2.24, 2.45) is 17.8 Å². The predicted molar refractivity (Wildman–Crippen MR) is 159 cm³/mol. The molecule has 0 aromatic rings. The summed E-state index contributed by atoms with van der Waals surface area (Å²) < 4.78 is 30.9. The Morgan fingerprint density at radius 1 is 1.14 bits per heavy atom. The van der Waals surface area contributed by atoms with E-state index in [2.05, 4.69) is 24.5 Å². The van der Waals surface area contributed by atoms with Crippen LogP contribution in [-0.2, 0) is 29.0 Å². The number of allylic oxidation sites excluding steroid dienone is 1. The van der Waals surface area contributed by atoms with Crippen molar-refractivity contribution >= 4 is 33.5 Å². The summed E-state index contributed by atoms with van der Waals surface area (Å²) in [5.41, 5.74) is -2.00. The molecule has 11 heteroatoms. The molecule has 4 rings (SSSR count). The molecule has 2 heterocycles. The minimum absolute atomic E-state index is 0.0857. The Morgan fingerprint density at radius 2 is 1.86 bits per heavy atom. The number of ether oxygens (including phenoxy) is 1. The van der Waals surface area contributed by atoms with Crippen molar-refractivity contribution in [3.05, 3.63) is 12.2 Å². The van der Waals surface area contributed by atoms with Gasteiger partial charge in [-0.2, -0.15) is 0 Å². The third-order valence-electron chi connectivity index (χ3n) is 8.72. The van der Waals surface area contributed by atoms with Crippen molar-refractivity contribution in [3.63, 3.8) is 0 Å². The SMILES string of the molecule is CC(C)C[C@@H]1C[C@H]2C(=O)N[C@]3(C(=O)CS(=O)(=O)C4CC4)C[C@H]3/C=C\CCCCC[C@H](NC(=O)OC(C)(C)C)C(=O)N2C1. The number of amides is 3. The molecule has 2 aliphatic heterocycles. The monoisotopic (exact) mass is 607 g/mol. The van der Waals surface area contributed by atoms with Crippen LogP contribution in [0.5, 0.6) is 0 Å². The molecule has 0 aromatic carbocycles. The van der Waals surface area contributed by atoms with E-state index in [0.717, 1.165) is 25.7 Å². The predicted octanol–water partition coefficient (Wildman–Crippen LogP) is 3.68. The van der Waals surface area contributed by atoms with E-state index in [1.165, 1.54) is 0 Å². The number of ketones is 1. The normalized spacial score (nSPS) is 31.7. The first-order valence-electron chi connectivity index (χ1n) is 15.6. The number of carbonyl (C=O) groups is 4. The summed E-state index contributed by atoms with van der Waals surface area (Å²) in [5, 5.41) is 5.27. The van der Waals surface area contributed by atoms with Gasteiger partial charge in [0.1, 0.15) is 29.0 Å². The maximum absolute atomic E-state index is 14.0. The molecular weight excluding hydrogens is 558 g/mol. The van der Waals surface area contributed by atoms with Crippen LogP contribution in [0.2, 0.25) is 0 Å². The molecule has 0 radical (unpaired) electrons. The second-order valence-corrected chi connectivity index (χ2v) is 16.5. The highest BCUT2D eigenvalue weighted by Gasteiger charge is 2.61. The van der Waals surface area contributed by atoms with E-state index >= 15 is 0 Å². The Bertz CT molecular complexity index is 1190. The lowest BCUT2D eigenvalue weighted by Gasteiger charge is -2.30. The van der Waals surface area contributed by atoms with Crippen molar-refractivity contribution in [2.45, 2.75) is 127 Å². The van der Waals surface area contributed by atoms with Crippen LogP contribution in [0.1, 0.15) is 98.8 Å². The summed E-state index contributed by atoms with van der Waals surface area (Å²) in [6.45, 7) is 9.84. The number of hydrogen-bond acceptors (Lipinski definition) is 7. The molecule has 0 bridgehead atoms. The third kappa shape index (κ3) is 8.14. The summed E-state index contributed by atoms with van der Waals surface area (Å²) >= 11 is 0. The molecule has 2 N–H and O–H groups in total. The van der Waals surface area contributed by atoms with Crippen molar-refractivity contribution in [2.75, 3.05) is 12.3 Å². The topological polar surface area (TPSA) is 139 Å². The summed E-state index contributed by atoms with van der Waals surface area (Å²) in [6, 6.07) is -1.66. The lowest BCUT2D eigenvalue weighted by Crippen LogP contribution is -2.57. The van der Waals surface area contributed by atoms with Crippen molar-refractivity contribution in [3.8, 4) is 0 Å². The van der Waals surface area contributed by atoms with Gasteiger partial charge in [0.05, 0.1) is 5.25 Å². The quantitative estimate of drug-likeness (QED) is 0.421. The Morgan fingerprint density at radius 3 is 2.50 bits per heavy atom. The fourth-order valence-electron chi connectivity index (χ4n) is 6.42. The van der Waals surface area contributed by atoms with Gasteiger partial charge in [-0.3, -0.25) is 14.4 Å². The number of rotatable bonds is 7. The zero-order chi connectivity index (χ0) is 30.9. The molecule has 1 saturated heterocycles.